The average molecular weight is 261 g/mol. The molecular weight excluding hydrogens is 250 g/mol. The van der Waals surface area contributed by atoms with E-state index in [-0.39, 0.29) is 5.56 Å². The van der Waals surface area contributed by atoms with Crippen LogP contribution in [0.5, 0.6) is 0 Å². The van der Waals surface area contributed by atoms with E-state index in [0.29, 0.717) is 10.7 Å². The lowest BCUT2D eigenvalue weighted by Gasteiger charge is -1.97. The van der Waals surface area contributed by atoms with Crippen LogP contribution in [-0.2, 0) is 0 Å². The van der Waals surface area contributed by atoms with Gasteiger partial charge in [0.15, 0.2) is 0 Å². The molecule has 6 heteroatoms. The second-order valence-corrected chi connectivity index (χ2v) is 4.33. The van der Waals surface area contributed by atoms with E-state index < -0.39 is 5.97 Å². The van der Waals surface area contributed by atoms with Gasteiger partial charge in [-0.3, -0.25) is 5.43 Å². The summed E-state index contributed by atoms with van der Waals surface area (Å²) in [5.74, 6) is -1.00. The molecule has 0 bridgehead atoms. The van der Waals surface area contributed by atoms with Crippen LogP contribution in [0.1, 0.15) is 21.6 Å². The van der Waals surface area contributed by atoms with Gasteiger partial charge < -0.3 is 5.11 Å². The van der Waals surface area contributed by atoms with Crippen molar-refractivity contribution in [3.8, 4) is 0 Å². The van der Waals surface area contributed by atoms with Crippen LogP contribution in [0.25, 0.3) is 0 Å². The maximum absolute atomic E-state index is 11.0. The van der Waals surface area contributed by atoms with Crippen LogP contribution in [0.15, 0.2) is 35.4 Å². The Kier molecular flexibility index (Phi) is 3.69. The molecule has 0 aliphatic rings. The average Bonchev–Trinajstić information content (AvgIpc) is 2.72. The molecule has 0 unspecified atom stereocenters. The lowest BCUT2D eigenvalue weighted by Crippen LogP contribution is -2.01. The van der Waals surface area contributed by atoms with Crippen molar-refractivity contribution in [3.63, 3.8) is 0 Å². The van der Waals surface area contributed by atoms with Gasteiger partial charge in [-0.15, -0.1) is 0 Å². The molecule has 92 valence electrons. The third-order valence-electron chi connectivity index (χ3n) is 2.26. The number of aryl methyl sites for hydroxylation is 1. The number of carboxylic acid groups (broad SMARTS) is 1. The number of carbonyl (C=O) groups is 1. The molecule has 0 aliphatic carbocycles. The highest BCUT2D eigenvalue weighted by Crippen LogP contribution is 2.24. The first-order chi connectivity index (χ1) is 8.68. The normalized spacial score (nSPS) is 10.7. The molecule has 2 rings (SSSR count). The molecule has 0 saturated carbocycles. The number of hydrogen-bond acceptors (Lipinski definition) is 5. The van der Waals surface area contributed by atoms with Gasteiger partial charge in [0.1, 0.15) is 10.6 Å². The van der Waals surface area contributed by atoms with Gasteiger partial charge in [-0.25, -0.2) is 4.79 Å². The van der Waals surface area contributed by atoms with Crippen LogP contribution >= 0.6 is 11.5 Å². The topological polar surface area (TPSA) is 74.6 Å². The van der Waals surface area contributed by atoms with Crippen LogP contribution in [0.4, 0.5) is 5.00 Å². The lowest BCUT2D eigenvalue weighted by atomic mass is 10.2. The van der Waals surface area contributed by atoms with E-state index in [1.165, 1.54) is 0 Å². The molecule has 0 fully saturated rings. The minimum absolute atomic E-state index is 0.171. The molecule has 18 heavy (non-hydrogen) atoms. The Hall–Kier alpha value is -2.21. The summed E-state index contributed by atoms with van der Waals surface area (Å²) in [6.45, 7) is 1.66. The molecule has 0 aliphatic heterocycles. The predicted octanol–water partition coefficient (Wildman–Crippen LogP) is 2.60. The number of aromatic nitrogens is 1. The zero-order chi connectivity index (χ0) is 13.0. The van der Waals surface area contributed by atoms with E-state index in [9.17, 15) is 4.79 Å². The van der Waals surface area contributed by atoms with Crippen LogP contribution in [0.3, 0.4) is 0 Å². The van der Waals surface area contributed by atoms with Crippen molar-refractivity contribution in [3.05, 3.63) is 47.2 Å². The fraction of sp³-hybridized carbons (Fsp3) is 0.0833. The first kappa shape index (κ1) is 12.3. The summed E-state index contributed by atoms with van der Waals surface area (Å²) in [5, 5.41) is 13.5. The second kappa shape index (κ2) is 5.42. The standard InChI is InChI=1S/C12H11N3O2S/c1-8-10(12(16)17)11(18-15-8)14-13-7-9-5-3-2-4-6-9/h2-7,14H,1H3,(H,16,17). The van der Waals surface area contributed by atoms with Crippen molar-refractivity contribution < 1.29 is 9.90 Å². The molecule has 2 N–H and O–H groups in total. The molecule has 0 radical (unpaired) electrons. The highest BCUT2D eigenvalue weighted by molar-refractivity contribution is 7.10. The molecule has 1 heterocycles. The Balaban J connectivity index is 2.12. The number of hydrogen-bond donors (Lipinski definition) is 2. The van der Waals surface area contributed by atoms with E-state index in [1.54, 1.807) is 13.1 Å². The largest absolute Gasteiger partial charge is 0.478 e. The number of rotatable bonds is 4. The van der Waals surface area contributed by atoms with Gasteiger partial charge in [-0.2, -0.15) is 9.47 Å². The molecule has 1 aromatic heterocycles. The molecule has 5 nitrogen and oxygen atoms in total. The van der Waals surface area contributed by atoms with Crippen molar-refractivity contribution in [1.82, 2.24) is 4.37 Å². The molecule has 0 spiro atoms. The lowest BCUT2D eigenvalue weighted by molar-refractivity contribution is 0.0697. The van der Waals surface area contributed by atoms with Gasteiger partial charge in [0.25, 0.3) is 0 Å². The molecule has 0 saturated heterocycles. The van der Waals surface area contributed by atoms with Crippen LogP contribution in [0.2, 0.25) is 0 Å². The number of anilines is 1. The molecule has 0 amide bonds. The van der Waals surface area contributed by atoms with Gasteiger partial charge in [0.2, 0.25) is 0 Å². The maximum Gasteiger partial charge on any atom is 0.340 e. The minimum Gasteiger partial charge on any atom is -0.478 e. The van der Waals surface area contributed by atoms with Gasteiger partial charge in [-0.1, -0.05) is 30.3 Å². The van der Waals surface area contributed by atoms with Crippen LogP contribution < -0.4 is 5.43 Å². The summed E-state index contributed by atoms with van der Waals surface area (Å²) >= 11 is 1.08. The first-order valence-electron chi connectivity index (χ1n) is 5.22. The van der Waals surface area contributed by atoms with Crippen molar-refractivity contribution >= 4 is 28.7 Å². The Labute approximate surface area is 108 Å². The first-order valence-corrected chi connectivity index (χ1v) is 5.99. The summed E-state index contributed by atoms with van der Waals surface area (Å²) in [6.07, 6.45) is 1.63. The Morgan fingerprint density at radius 2 is 2.17 bits per heavy atom. The van der Waals surface area contributed by atoms with Gasteiger partial charge in [0, 0.05) is 0 Å². The molecule has 2 aromatic rings. The zero-order valence-electron chi connectivity index (χ0n) is 9.62. The third kappa shape index (κ3) is 2.72. The van der Waals surface area contributed by atoms with Crippen molar-refractivity contribution in [2.75, 3.05) is 5.43 Å². The Morgan fingerprint density at radius 3 is 2.83 bits per heavy atom. The Morgan fingerprint density at radius 1 is 1.44 bits per heavy atom. The summed E-state index contributed by atoms with van der Waals surface area (Å²) in [4.78, 5) is 11.0. The van der Waals surface area contributed by atoms with Gasteiger partial charge in [0.05, 0.1) is 11.9 Å². The van der Waals surface area contributed by atoms with Crippen LogP contribution in [0, 0.1) is 6.92 Å². The fourth-order valence-electron chi connectivity index (χ4n) is 1.40. The third-order valence-corrected chi connectivity index (χ3v) is 3.10. The number of benzene rings is 1. The van der Waals surface area contributed by atoms with E-state index >= 15 is 0 Å². The highest BCUT2D eigenvalue weighted by atomic mass is 32.1. The zero-order valence-corrected chi connectivity index (χ0v) is 10.4. The summed E-state index contributed by atoms with van der Waals surface area (Å²) < 4.78 is 3.99. The molecule has 1 aromatic carbocycles. The summed E-state index contributed by atoms with van der Waals surface area (Å²) in [5.41, 5.74) is 4.30. The number of aromatic carboxylic acids is 1. The van der Waals surface area contributed by atoms with E-state index in [0.717, 1.165) is 17.1 Å². The number of nitrogens with zero attached hydrogens (tertiary/aromatic N) is 2. The SMILES string of the molecule is Cc1nsc(NN=Cc2ccccc2)c1C(=O)O. The summed E-state index contributed by atoms with van der Waals surface area (Å²) in [7, 11) is 0. The Bertz CT molecular complexity index is 578. The van der Waals surface area contributed by atoms with E-state index in [2.05, 4.69) is 14.9 Å². The van der Waals surface area contributed by atoms with E-state index in [1.807, 2.05) is 30.3 Å². The van der Waals surface area contributed by atoms with Crippen molar-refractivity contribution in [2.45, 2.75) is 6.92 Å². The fourth-order valence-corrected chi connectivity index (χ4v) is 2.14. The number of carboxylic acids is 1. The maximum atomic E-state index is 11.0. The van der Waals surface area contributed by atoms with Crippen molar-refractivity contribution in [1.29, 1.82) is 0 Å². The highest BCUT2D eigenvalue weighted by Gasteiger charge is 2.16. The molecule has 0 atom stereocenters. The quantitative estimate of drug-likeness (QED) is 0.655. The smallest absolute Gasteiger partial charge is 0.340 e. The van der Waals surface area contributed by atoms with Crippen molar-refractivity contribution in [2.24, 2.45) is 5.10 Å². The second-order valence-electron chi connectivity index (χ2n) is 3.56. The predicted molar refractivity (Wildman–Crippen MR) is 71.5 cm³/mol. The number of hydrazone groups is 1. The van der Waals surface area contributed by atoms with Gasteiger partial charge in [-0.05, 0) is 24.0 Å². The molecular formula is C12H11N3O2S. The van der Waals surface area contributed by atoms with Gasteiger partial charge >= 0.3 is 5.97 Å². The minimum atomic E-state index is -1.00. The monoisotopic (exact) mass is 261 g/mol. The van der Waals surface area contributed by atoms with Crippen LogP contribution in [-0.4, -0.2) is 21.7 Å². The summed E-state index contributed by atoms with van der Waals surface area (Å²) in [6, 6.07) is 9.53. The number of nitrogens with one attached hydrogen (secondary N) is 1. The van der Waals surface area contributed by atoms with E-state index in [4.69, 9.17) is 5.11 Å².